The number of hydrogen-bond donors (Lipinski definition) is 1. The Morgan fingerprint density at radius 1 is 1.00 bits per heavy atom. The van der Waals surface area contributed by atoms with Gasteiger partial charge in [0.15, 0.2) is 11.6 Å². The standard InChI is InChI=1S/C13H11F3N2/c1-18(10-4-2-3-8(14)5-10)13-11(15)6-9(17)7-12(13)16/h2-7H,17H2,1H3. The molecule has 0 aliphatic rings. The Kier molecular flexibility index (Phi) is 3.14. The highest BCUT2D eigenvalue weighted by atomic mass is 19.1. The van der Waals surface area contributed by atoms with E-state index >= 15 is 0 Å². The molecule has 5 heteroatoms. The van der Waals surface area contributed by atoms with E-state index in [1.165, 1.54) is 30.1 Å². The van der Waals surface area contributed by atoms with Crippen LogP contribution in [0.3, 0.4) is 0 Å². The van der Waals surface area contributed by atoms with Crippen LogP contribution in [-0.2, 0) is 0 Å². The topological polar surface area (TPSA) is 29.3 Å². The largest absolute Gasteiger partial charge is 0.399 e. The minimum Gasteiger partial charge on any atom is -0.399 e. The van der Waals surface area contributed by atoms with Crippen molar-refractivity contribution in [2.75, 3.05) is 17.7 Å². The Balaban J connectivity index is 2.49. The molecule has 2 aromatic rings. The molecule has 0 aromatic heterocycles. The van der Waals surface area contributed by atoms with Crippen molar-refractivity contribution < 1.29 is 13.2 Å². The summed E-state index contributed by atoms with van der Waals surface area (Å²) in [5, 5.41) is 0. The molecule has 0 atom stereocenters. The van der Waals surface area contributed by atoms with Crippen molar-refractivity contribution in [1.82, 2.24) is 0 Å². The molecule has 0 amide bonds. The summed E-state index contributed by atoms with van der Waals surface area (Å²) in [5.41, 5.74) is 5.41. The number of anilines is 3. The Morgan fingerprint density at radius 2 is 1.61 bits per heavy atom. The van der Waals surface area contributed by atoms with Crippen LogP contribution >= 0.6 is 0 Å². The molecule has 0 bridgehead atoms. The van der Waals surface area contributed by atoms with E-state index in [0.29, 0.717) is 5.69 Å². The van der Waals surface area contributed by atoms with Crippen molar-refractivity contribution in [2.45, 2.75) is 0 Å². The first kappa shape index (κ1) is 12.3. The quantitative estimate of drug-likeness (QED) is 0.829. The van der Waals surface area contributed by atoms with Crippen molar-refractivity contribution in [3.05, 3.63) is 53.8 Å². The predicted octanol–water partition coefficient (Wildman–Crippen LogP) is 3.45. The molecule has 2 N–H and O–H groups in total. The van der Waals surface area contributed by atoms with E-state index in [2.05, 4.69) is 0 Å². The molecule has 0 unspecified atom stereocenters. The predicted molar refractivity (Wildman–Crippen MR) is 65.2 cm³/mol. The van der Waals surface area contributed by atoms with Crippen molar-refractivity contribution >= 4 is 17.1 Å². The van der Waals surface area contributed by atoms with Crippen LogP contribution in [0.2, 0.25) is 0 Å². The Hall–Kier alpha value is -2.17. The monoisotopic (exact) mass is 252 g/mol. The molecule has 2 aromatic carbocycles. The lowest BCUT2D eigenvalue weighted by molar-refractivity contribution is 0.584. The summed E-state index contributed by atoms with van der Waals surface area (Å²) in [5.74, 6) is -2.06. The van der Waals surface area contributed by atoms with Crippen molar-refractivity contribution in [3.63, 3.8) is 0 Å². The highest BCUT2D eigenvalue weighted by molar-refractivity contribution is 5.65. The summed E-state index contributed by atoms with van der Waals surface area (Å²) in [6.45, 7) is 0. The second-order valence-corrected chi connectivity index (χ2v) is 3.87. The van der Waals surface area contributed by atoms with Crippen LogP contribution in [0.5, 0.6) is 0 Å². The van der Waals surface area contributed by atoms with E-state index in [-0.39, 0.29) is 11.4 Å². The second kappa shape index (κ2) is 4.60. The van der Waals surface area contributed by atoms with Crippen LogP contribution in [-0.4, -0.2) is 7.05 Å². The summed E-state index contributed by atoms with van der Waals surface area (Å²) in [6, 6.07) is 7.51. The average molecular weight is 252 g/mol. The third kappa shape index (κ3) is 2.25. The molecule has 0 aliphatic carbocycles. The molecule has 0 fully saturated rings. The van der Waals surface area contributed by atoms with Crippen LogP contribution in [0.1, 0.15) is 0 Å². The van der Waals surface area contributed by atoms with Gasteiger partial charge in [-0.05, 0) is 30.3 Å². The van der Waals surface area contributed by atoms with Gasteiger partial charge >= 0.3 is 0 Å². The maximum Gasteiger partial charge on any atom is 0.151 e. The first-order valence-corrected chi connectivity index (χ1v) is 5.23. The van der Waals surface area contributed by atoms with Crippen molar-refractivity contribution in [1.29, 1.82) is 0 Å². The van der Waals surface area contributed by atoms with Gasteiger partial charge in [0.05, 0.1) is 0 Å². The van der Waals surface area contributed by atoms with Gasteiger partial charge in [-0.25, -0.2) is 13.2 Å². The van der Waals surface area contributed by atoms with Gasteiger partial charge < -0.3 is 10.6 Å². The maximum absolute atomic E-state index is 13.7. The number of hydrogen-bond acceptors (Lipinski definition) is 2. The molecule has 94 valence electrons. The number of rotatable bonds is 2. The normalized spacial score (nSPS) is 10.4. The number of nitrogen functional groups attached to an aromatic ring is 1. The van der Waals surface area contributed by atoms with Crippen LogP contribution in [0.15, 0.2) is 36.4 Å². The highest BCUT2D eigenvalue weighted by Gasteiger charge is 2.16. The Bertz CT molecular complexity index is 561. The maximum atomic E-state index is 13.7. The zero-order chi connectivity index (χ0) is 13.3. The first-order valence-electron chi connectivity index (χ1n) is 5.23. The van der Waals surface area contributed by atoms with Crippen LogP contribution < -0.4 is 10.6 Å². The van der Waals surface area contributed by atoms with Gasteiger partial charge in [0, 0.05) is 18.4 Å². The molecule has 2 nitrogen and oxygen atoms in total. The fourth-order valence-electron chi connectivity index (χ4n) is 1.72. The van der Waals surface area contributed by atoms with E-state index in [4.69, 9.17) is 5.73 Å². The first-order chi connectivity index (χ1) is 8.49. The van der Waals surface area contributed by atoms with E-state index in [1.807, 2.05) is 0 Å². The zero-order valence-corrected chi connectivity index (χ0v) is 9.62. The molecule has 0 saturated carbocycles. The molecular weight excluding hydrogens is 241 g/mol. The minimum atomic E-state index is -0.792. The van der Waals surface area contributed by atoms with Gasteiger partial charge in [0.25, 0.3) is 0 Å². The summed E-state index contributed by atoms with van der Waals surface area (Å²) in [4.78, 5) is 1.23. The fraction of sp³-hybridized carbons (Fsp3) is 0.0769. The average Bonchev–Trinajstić information content (AvgIpc) is 2.27. The van der Waals surface area contributed by atoms with Gasteiger partial charge in [-0.3, -0.25) is 0 Å². The molecule has 18 heavy (non-hydrogen) atoms. The highest BCUT2D eigenvalue weighted by Crippen LogP contribution is 2.30. The van der Waals surface area contributed by atoms with Gasteiger partial charge in [0.2, 0.25) is 0 Å². The summed E-state index contributed by atoms with van der Waals surface area (Å²) >= 11 is 0. The van der Waals surface area contributed by atoms with E-state index in [0.717, 1.165) is 12.1 Å². The van der Waals surface area contributed by atoms with E-state index < -0.39 is 17.5 Å². The molecule has 0 radical (unpaired) electrons. The summed E-state index contributed by atoms with van der Waals surface area (Å²) in [6.07, 6.45) is 0. The lowest BCUT2D eigenvalue weighted by Crippen LogP contribution is -2.13. The Morgan fingerprint density at radius 3 is 2.17 bits per heavy atom. The third-order valence-electron chi connectivity index (χ3n) is 2.57. The minimum absolute atomic E-state index is 0.00129. The fourth-order valence-corrected chi connectivity index (χ4v) is 1.72. The van der Waals surface area contributed by atoms with Crippen LogP contribution in [0.4, 0.5) is 30.2 Å². The lowest BCUT2D eigenvalue weighted by Gasteiger charge is -2.21. The number of nitrogens with zero attached hydrogens (tertiary/aromatic N) is 1. The summed E-state index contributed by atoms with van der Waals surface area (Å²) in [7, 11) is 1.45. The molecular formula is C13H11F3N2. The molecule has 2 rings (SSSR count). The molecule has 0 saturated heterocycles. The van der Waals surface area contributed by atoms with E-state index in [1.54, 1.807) is 6.07 Å². The SMILES string of the molecule is CN(c1cccc(F)c1)c1c(F)cc(N)cc1F. The van der Waals surface area contributed by atoms with Gasteiger partial charge in [0.1, 0.15) is 11.5 Å². The van der Waals surface area contributed by atoms with Crippen molar-refractivity contribution in [3.8, 4) is 0 Å². The number of halogens is 3. The van der Waals surface area contributed by atoms with Gasteiger partial charge in [-0.15, -0.1) is 0 Å². The van der Waals surface area contributed by atoms with Crippen molar-refractivity contribution in [2.24, 2.45) is 0 Å². The number of nitrogens with two attached hydrogens (primary N) is 1. The lowest BCUT2D eigenvalue weighted by atomic mass is 10.2. The van der Waals surface area contributed by atoms with Crippen LogP contribution in [0, 0.1) is 17.5 Å². The van der Waals surface area contributed by atoms with Gasteiger partial charge in [-0.1, -0.05) is 6.07 Å². The second-order valence-electron chi connectivity index (χ2n) is 3.87. The van der Waals surface area contributed by atoms with Crippen LogP contribution in [0.25, 0.3) is 0 Å². The molecule has 0 spiro atoms. The summed E-state index contributed by atoms with van der Waals surface area (Å²) < 4.78 is 40.5. The molecule has 0 heterocycles. The van der Waals surface area contributed by atoms with Gasteiger partial charge in [-0.2, -0.15) is 0 Å². The zero-order valence-electron chi connectivity index (χ0n) is 9.62. The third-order valence-corrected chi connectivity index (χ3v) is 2.57. The van der Waals surface area contributed by atoms with E-state index in [9.17, 15) is 13.2 Å². The smallest absolute Gasteiger partial charge is 0.151 e. The number of benzene rings is 2. The molecule has 0 aliphatic heterocycles. The Labute approximate surface area is 102 Å².